The first-order valence-electron chi connectivity index (χ1n) is 8.72. The zero-order valence-corrected chi connectivity index (χ0v) is 17.1. The molecule has 0 unspecified atom stereocenters. The second-order valence-corrected chi connectivity index (χ2v) is 9.89. The number of halogens is 2. The molecule has 2 atom stereocenters. The van der Waals surface area contributed by atoms with Gasteiger partial charge in [0.25, 0.3) is 0 Å². The minimum absolute atomic E-state index is 0.0491. The molecule has 3 rings (SSSR count). The first-order chi connectivity index (χ1) is 13.7. The molecule has 0 amide bonds. The number of ether oxygens (including phenoxy) is 1. The fourth-order valence-corrected chi connectivity index (χ4v) is 6.06. The molecule has 0 aliphatic carbocycles. The van der Waals surface area contributed by atoms with Crippen LogP contribution < -0.4 is 4.74 Å². The summed E-state index contributed by atoms with van der Waals surface area (Å²) in [5, 5.41) is 9.09. The molecule has 2 aromatic carbocycles. The Morgan fingerprint density at radius 2 is 1.83 bits per heavy atom. The van der Waals surface area contributed by atoms with E-state index in [9.17, 15) is 27.1 Å². The van der Waals surface area contributed by atoms with E-state index in [2.05, 4.69) is 0 Å². The Balaban J connectivity index is 1.75. The van der Waals surface area contributed by atoms with Crippen LogP contribution in [-0.4, -0.2) is 47.4 Å². The van der Waals surface area contributed by atoms with Crippen LogP contribution in [0.3, 0.4) is 0 Å². The number of nitrogens with zero attached hydrogens (tertiary/aromatic N) is 1. The van der Waals surface area contributed by atoms with E-state index in [1.165, 1.54) is 36.0 Å². The Labute approximate surface area is 171 Å². The molecule has 6 nitrogen and oxygen atoms in total. The van der Waals surface area contributed by atoms with E-state index in [1.807, 2.05) is 0 Å². The lowest BCUT2D eigenvalue weighted by atomic mass is 10.2. The highest BCUT2D eigenvalue weighted by atomic mass is 32.2. The zero-order valence-electron chi connectivity index (χ0n) is 15.4. The number of thioether (sulfide) groups is 1. The van der Waals surface area contributed by atoms with Crippen molar-refractivity contribution in [1.29, 1.82) is 0 Å². The highest BCUT2D eigenvalue weighted by Gasteiger charge is 2.42. The number of aliphatic carboxylic acids is 1. The molecule has 1 aliphatic rings. The number of sulfonamides is 1. The first-order valence-corrected chi connectivity index (χ1v) is 11.2. The molecule has 0 radical (unpaired) electrons. The molecule has 1 heterocycles. The summed E-state index contributed by atoms with van der Waals surface area (Å²) in [5.41, 5.74) is 0.295. The van der Waals surface area contributed by atoms with Gasteiger partial charge in [0.15, 0.2) is 0 Å². The summed E-state index contributed by atoms with van der Waals surface area (Å²) in [6.07, 6.45) is 0. The van der Waals surface area contributed by atoms with Gasteiger partial charge < -0.3 is 9.84 Å². The summed E-state index contributed by atoms with van der Waals surface area (Å²) in [6.45, 7) is 1.71. The lowest BCUT2D eigenvalue weighted by molar-refractivity contribution is -0.141. The van der Waals surface area contributed by atoms with Crippen molar-refractivity contribution in [3.05, 3.63) is 59.7 Å². The van der Waals surface area contributed by atoms with Gasteiger partial charge in [-0.1, -0.05) is 6.92 Å². The van der Waals surface area contributed by atoms with Crippen LogP contribution in [0.1, 0.15) is 12.5 Å². The van der Waals surface area contributed by atoms with Crippen LogP contribution in [0.4, 0.5) is 8.78 Å². The van der Waals surface area contributed by atoms with Crippen molar-refractivity contribution in [2.24, 2.45) is 0 Å². The Bertz CT molecular complexity index is 978. The molecule has 10 heteroatoms. The minimum Gasteiger partial charge on any atom is -0.489 e. The summed E-state index contributed by atoms with van der Waals surface area (Å²) in [6, 6.07) is 7.38. The number of carbonyl (C=O) groups is 1. The van der Waals surface area contributed by atoms with Crippen LogP contribution in [0, 0.1) is 11.6 Å². The highest BCUT2D eigenvalue weighted by Crippen LogP contribution is 2.30. The lowest BCUT2D eigenvalue weighted by Gasteiger charge is -2.35. The zero-order chi connectivity index (χ0) is 21.2. The molecule has 1 fully saturated rings. The largest absolute Gasteiger partial charge is 0.489 e. The van der Waals surface area contributed by atoms with Gasteiger partial charge in [0, 0.05) is 23.6 Å². The van der Waals surface area contributed by atoms with Crippen molar-refractivity contribution in [1.82, 2.24) is 4.31 Å². The van der Waals surface area contributed by atoms with Gasteiger partial charge in [-0.25, -0.2) is 17.2 Å². The molecule has 1 saturated heterocycles. The molecule has 1 aliphatic heterocycles. The molecule has 0 spiro atoms. The van der Waals surface area contributed by atoms with Gasteiger partial charge in [-0.3, -0.25) is 4.79 Å². The molecular formula is C19H19F2NO5S2. The van der Waals surface area contributed by atoms with Crippen LogP contribution in [-0.2, 0) is 21.4 Å². The molecule has 0 saturated carbocycles. The average Bonchev–Trinajstić information content (AvgIpc) is 2.65. The number of rotatable bonds is 6. The second kappa shape index (κ2) is 8.68. The Hall–Kier alpha value is -2.17. The van der Waals surface area contributed by atoms with Crippen molar-refractivity contribution in [3.8, 4) is 5.75 Å². The summed E-state index contributed by atoms with van der Waals surface area (Å²) in [5.74, 6) is -1.80. The monoisotopic (exact) mass is 443 g/mol. The van der Waals surface area contributed by atoms with Gasteiger partial charge in [0.1, 0.15) is 30.0 Å². The van der Waals surface area contributed by atoms with Crippen LogP contribution in [0.25, 0.3) is 0 Å². The number of benzene rings is 2. The van der Waals surface area contributed by atoms with Crippen LogP contribution in [0.15, 0.2) is 47.4 Å². The summed E-state index contributed by atoms with van der Waals surface area (Å²) >= 11 is 1.42. The predicted octanol–water partition coefficient (Wildman–Crippen LogP) is 3.12. The fourth-order valence-electron chi connectivity index (χ4n) is 3.09. The van der Waals surface area contributed by atoms with E-state index in [0.717, 1.165) is 22.5 Å². The van der Waals surface area contributed by atoms with Crippen LogP contribution in [0.2, 0.25) is 0 Å². The van der Waals surface area contributed by atoms with Crippen molar-refractivity contribution in [2.45, 2.75) is 29.7 Å². The Morgan fingerprint density at radius 1 is 1.21 bits per heavy atom. The SMILES string of the molecule is C[C@@H]1SCCN(S(=O)(=O)c2ccc(OCc3cc(F)cc(F)c3)cc2)[C@H]1C(=O)O. The summed E-state index contributed by atoms with van der Waals surface area (Å²) < 4.78 is 58.8. The van der Waals surface area contributed by atoms with Crippen LogP contribution in [0.5, 0.6) is 5.75 Å². The third-order valence-electron chi connectivity index (χ3n) is 4.46. The molecule has 0 aromatic heterocycles. The smallest absolute Gasteiger partial charge is 0.323 e. The summed E-state index contributed by atoms with van der Waals surface area (Å²) in [4.78, 5) is 11.5. The molecular weight excluding hydrogens is 424 g/mol. The van der Waals surface area contributed by atoms with E-state index in [1.54, 1.807) is 6.92 Å². The minimum atomic E-state index is -4.00. The average molecular weight is 443 g/mol. The van der Waals surface area contributed by atoms with Gasteiger partial charge in [-0.2, -0.15) is 16.1 Å². The number of carboxylic acid groups (broad SMARTS) is 1. The molecule has 2 aromatic rings. The predicted molar refractivity (Wildman–Crippen MR) is 104 cm³/mol. The van der Waals surface area contributed by atoms with Gasteiger partial charge in [-0.05, 0) is 42.0 Å². The quantitative estimate of drug-likeness (QED) is 0.739. The third-order valence-corrected chi connectivity index (χ3v) is 7.56. The third kappa shape index (κ3) is 4.88. The molecule has 1 N–H and O–H groups in total. The number of hydrogen-bond acceptors (Lipinski definition) is 5. The maximum Gasteiger partial charge on any atom is 0.323 e. The standard InChI is InChI=1S/C19H19F2NO5S2/c1-12-18(19(23)24)22(6-7-28-12)29(25,26)17-4-2-16(3-5-17)27-11-13-8-14(20)10-15(21)9-13/h2-5,8-10,12,18H,6-7,11H2,1H3,(H,23,24)/t12-,18+/m0/s1. The van der Waals surface area contributed by atoms with Crippen molar-refractivity contribution in [2.75, 3.05) is 12.3 Å². The maximum absolute atomic E-state index is 13.2. The molecule has 0 bridgehead atoms. The van der Waals surface area contributed by atoms with Gasteiger partial charge in [-0.15, -0.1) is 0 Å². The van der Waals surface area contributed by atoms with Crippen molar-refractivity contribution < 1.29 is 31.8 Å². The van der Waals surface area contributed by atoms with E-state index in [4.69, 9.17) is 4.74 Å². The van der Waals surface area contributed by atoms with Crippen LogP contribution >= 0.6 is 11.8 Å². The highest BCUT2D eigenvalue weighted by molar-refractivity contribution is 8.00. The van der Waals surface area contributed by atoms with Gasteiger partial charge in [0.2, 0.25) is 10.0 Å². The molecule has 156 valence electrons. The Morgan fingerprint density at radius 3 is 2.41 bits per heavy atom. The van der Waals surface area contributed by atoms with E-state index < -0.39 is 33.7 Å². The van der Waals surface area contributed by atoms with E-state index in [-0.39, 0.29) is 23.3 Å². The Kier molecular flexibility index (Phi) is 6.45. The fraction of sp³-hybridized carbons (Fsp3) is 0.316. The summed E-state index contributed by atoms with van der Waals surface area (Å²) in [7, 11) is -4.00. The van der Waals surface area contributed by atoms with Crippen molar-refractivity contribution >= 4 is 27.8 Å². The lowest BCUT2D eigenvalue weighted by Crippen LogP contribution is -2.53. The van der Waals surface area contributed by atoms with Gasteiger partial charge >= 0.3 is 5.97 Å². The maximum atomic E-state index is 13.2. The normalized spacial score (nSPS) is 20.4. The first kappa shape index (κ1) is 21.5. The number of hydrogen-bond donors (Lipinski definition) is 1. The van der Waals surface area contributed by atoms with E-state index in [0.29, 0.717) is 17.1 Å². The van der Waals surface area contributed by atoms with Crippen molar-refractivity contribution in [3.63, 3.8) is 0 Å². The topological polar surface area (TPSA) is 83.9 Å². The molecule has 29 heavy (non-hydrogen) atoms. The van der Waals surface area contributed by atoms with Gasteiger partial charge in [0.05, 0.1) is 4.90 Å². The number of carboxylic acids is 1. The second-order valence-electron chi connectivity index (χ2n) is 6.51. The van der Waals surface area contributed by atoms with E-state index >= 15 is 0 Å².